The van der Waals surface area contributed by atoms with E-state index < -0.39 is 5.97 Å². The van der Waals surface area contributed by atoms with Crippen LogP contribution in [0.15, 0.2) is 0 Å². The van der Waals surface area contributed by atoms with Gasteiger partial charge < -0.3 is 9.84 Å². The fraction of sp³-hybridized carbons (Fsp3) is 0.909. The van der Waals surface area contributed by atoms with Gasteiger partial charge in [0, 0.05) is 20.2 Å². The van der Waals surface area contributed by atoms with Crippen LogP contribution in [0.4, 0.5) is 0 Å². The standard InChI is InChI=1S/C11H21NO3/c1-8(2)10(11(13)14)12-6-4-9(15-3)5-7-12/h8-10H,4-7H2,1-3H3,(H,13,14). The Bertz CT molecular complexity index is 210. The fourth-order valence-corrected chi connectivity index (χ4v) is 2.25. The molecular weight excluding hydrogens is 194 g/mol. The number of rotatable bonds is 4. The van der Waals surface area contributed by atoms with Crippen molar-refractivity contribution in [2.75, 3.05) is 20.2 Å². The molecule has 0 bridgehead atoms. The van der Waals surface area contributed by atoms with Crippen molar-refractivity contribution >= 4 is 5.97 Å². The molecule has 1 fully saturated rings. The van der Waals surface area contributed by atoms with Gasteiger partial charge in [-0.15, -0.1) is 0 Å². The minimum Gasteiger partial charge on any atom is -0.480 e. The second-order valence-corrected chi connectivity index (χ2v) is 4.50. The molecule has 0 aromatic rings. The molecule has 15 heavy (non-hydrogen) atoms. The molecule has 1 atom stereocenters. The lowest BCUT2D eigenvalue weighted by Crippen LogP contribution is -2.49. The first-order valence-corrected chi connectivity index (χ1v) is 5.56. The summed E-state index contributed by atoms with van der Waals surface area (Å²) in [6, 6.07) is -0.345. The van der Waals surface area contributed by atoms with Gasteiger partial charge in [0.15, 0.2) is 0 Å². The fourth-order valence-electron chi connectivity index (χ4n) is 2.25. The van der Waals surface area contributed by atoms with Gasteiger partial charge in [-0.2, -0.15) is 0 Å². The van der Waals surface area contributed by atoms with Crippen LogP contribution in [0.1, 0.15) is 26.7 Å². The van der Waals surface area contributed by atoms with Crippen LogP contribution >= 0.6 is 0 Å². The van der Waals surface area contributed by atoms with Crippen LogP contribution in [0.25, 0.3) is 0 Å². The molecule has 0 radical (unpaired) electrons. The van der Waals surface area contributed by atoms with Crippen molar-refractivity contribution in [2.45, 2.75) is 38.8 Å². The first-order valence-electron chi connectivity index (χ1n) is 5.56. The van der Waals surface area contributed by atoms with E-state index in [1.54, 1.807) is 7.11 Å². The zero-order valence-corrected chi connectivity index (χ0v) is 9.77. The molecule has 0 spiro atoms. The molecule has 0 aromatic carbocycles. The van der Waals surface area contributed by atoms with Gasteiger partial charge in [0.2, 0.25) is 0 Å². The van der Waals surface area contributed by atoms with Crippen molar-refractivity contribution in [3.63, 3.8) is 0 Å². The maximum atomic E-state index is 11.1. The summed E-state index contributed by atoms with van der Waals surface area (Å²) < 4.78 is 5.27. The Morgan fingerprint density at radius 1 is 1.40 bits per heavy atom. The molecule has 0 saturated carbocycles. The number of hydrogen-bond donors (Lipinski definition) is 1. The van der Waals surface area contributed by atoms with Crippen LogP contribution in [0.3, 0.4) is 0 Å². The second-order valence-electron chi connectivity index (χ2n) is 4.50. The van der Waals surface area contributed by atoms with E-state index in [2.05, 4.69) is 4.90 Å². The van der Waals surface area contributed by atoms with Gasteiger partial charge in [0.25, 0.3) is 0 Å². The van der Waals surface area contributed by atoms with E-state index in [0.717, 1.165) is 25.9 Å². The van der Waals surface area contributed by atoms with E-state index in [4.69, 9.17) is 9.84 Å². The molecule has 1 saturated heterocycles. The van der Waals surface area contributed by atoms with Gasteiger partial charge in [-0.25, -0.2) is 0 Å². The molecular formula is C11H21NO3. The average Bonchev–Trinajstić information content (AvgIpc) is 2.18. The highest BCUT2D eigenvalue weighted by atomic mass is 16.5. The third-order valence-corrected chi connectivity index (χ3v) is 3.09. The van der Waals surface area contributed by atoms with Crippen LogP contribution < -0.4 is 0 Å². The van der Waals surface area contributed by atoms with Crippen LogP contribution in [0.5, 0.6) is 0 Å². The highest BCUT2D eigenvalue weighted by molar-refractivity contribution is 5.73. The first-order chi connectivity index (χ1) is 7.06. The number of carboxylic acids is 1. The summed E-state index contributed by atoms with van der Waals surface area (Å²) in [7, 11) is 1.72. The smallest absolute Gasteiger partial charge is 0.321 e. The molecule has 88 valence electrons. The van der Waals surface area contributed by atoms with Gasteiger partial charge in [-0.3, -0.25) is 9.69 Å². The molecule has 4 nitrogen and oxygen atoms in total. The molecule has 4 heteroatoms. The number of methoxy groups -OCH3 is 1. The molecule has 0 aromatic heterocycles. The van der Waals surface area contributed by atoms with Gasteiger partial charge in [0.05, 0.1) is 6.10 Å². The number of hydrogen-bond acceptors (Lipinski definition) is 3. The highest BCUT2D eigenvalue weighted by Gasteiger charge is 2.31. The Morgan fingerprint density at radius 2 is 1.93 bits per heavy atom. The molecule has 0 aliphatic carbocycles. The summed E-state index contributed by atoms with van der Waals surface area (Å²) in [4.78, 5) is 13.2. The molecule has 1 N–H and O–H groups in total. The highest BCUT2D eigenvalue weighted by Crippen LogP contribution is 2.19. The van der Waals surface area contributed by atoms with E-state index in [1.165, 1.54) is 0 Å². The maximum absolute atomic E-state index is 11.1. The Hall–Kier alpha value is -0.610. The maximum Gasteiger partial charge on any atom is 0.321 e. The normalized spacial score (nSPS) is 21.9. The lowest BCUT2D eigenvalue weighted by molar-refractivity contribution is -0.146. The summed E-state index contributed by atoms with van der Waals surface area (Å²) in [5.41, 5.74) is 0. The van der Waals surface area contributed by atoms with E-state index in [9.17, 15) is 4.79 Å². The second kappa shape index (κ2) is 5.47. The van der Waals surface area contributed by atoms with Gasteiger partial charge in [0.1, 0.15) is 6.04 Å². The monoisotopic (exact) mass is 215 g/mol. The van der Waals surface area contributed by atoms with E-state index >= 15 is 0 Å². The van der Waals surface area contributed by atoms with Crippen molar-refractivity contribution in [1.82, 2.24) is 4.90 Å². The number of likely N-dealkylation sites (tertiary alicyclic amines) is 1. The Kier molecular flexibility index (Phi) is 4.54. The number of ether oxygens (including phenoxy) is 1. The zero-order chi connectivity index (χ0) is 11.4. The number of aliphatic carboxylic acids is 1. The van der Waals surface area contributed by atoms with Crippen LogP contribution in [0.2, 0.25) is 0 Å². The first kappa shape index (κ1) is 12.5. The van der Waals surface area contributed by atoms with Crippen LogP contribution in [-0.2, 0) is 9.53 Å². The molecule has 1 rings (SSSR count). The van der Waals surface area contributed by atoms with Gasteiger partial charge in [-0.1, -0.05) is 13.8 Å². The van der Waals surface area contributed by atoms with Crippen LogP contribution in [-0.4, -0.2) is 48.3 Å². The molecule has 1 heterocycles. The largest absolute Gasteiger partial charge is 0.480 e. The van der Waals surface area contributed by atoms with Crippen molar-refractivity contribution in [3.8, 4) is 0 Å². The number of carbonyl (C=O) groups is 1. The third kappa shape index (κ3) is 3.18. The van der Waals surface area contributed by atoms with E-state index in [0.29, 0.717) is 6.10 Å². The molecule has 1 aliphatic heterocycles. The Balaban J connectivity index is 2.53. The van der Waals surface area contributed by atoms with Crippen molar-refractivity contribution in [2.24, 2.45) is 5.92 Å². The predicted molar refractivity (Wildman–Crippen MR) is 57.9 cm³/mol. The summed E-state index contributed by atoms with van der Waals surface area (Å²) in [5, 5.41) is 9.15. The van der Waals surface area contributed by atoms with E-state index in [-0.39, 0.29) is 12.0 Å². The quantitative estimate of drug-likeness (QED) is 0.765. The lowest BCUT2D eigenvalue weighted by atomic mass is 9.98. The average molecular weight is 215 g/mol. The molecule has 1 unspecified atom stereocenters. The summed E-state index contributed by atoms with van der Waals surface area (Å²) >= 11 is 0. The number of piperidine rings is 1. The summed E-state index contributed by atoms with van der Waals surface area (Å²) in [6.45, 7) is 5.57. The third-order valence-electron chi connectivity index (χ3n) is 3.09. The molecule has 0 amide bonds. The predicted octanol–water partition coefficient (Wildman–Crippen LogP) is 1.21. The van der Waals surface area contributed by atoms with E-state index in [1.807, 2.05) is 13.8 Å². The van der Waals surface area contributed by atoms with Crippen LogP contribution in [0, 0.1) is 5.92 Å². The topological polar surface area (TPSA) is 49.8 Å². The summed E-state index contributed by atoms with van der Waals surface area (Å²) in [6.07, 6.45) is 2.18. The Labute approximate surface area is 91.2 Å². The summed E-state index contributed by atoms with van der Waals surface area (Å²) in [5.74, 6) is -0.553. The van der Waals surface area contributed by atoms with Crippen molar-refractivity contribution < 1.29 is 14.6 Å². The number of carboxylic acid groups (broad SMARTS) is 1. The molecule has 1 aliphatic rings. The van der Waals surface area contributed by atoms with Crippen molar-refractivity contribution in [1.29, 1.82) is 0 Å². The van der Waals surface area contributed by atoms with Crippen molar-refractivity contribution in [3.05, 3.63) is 0 Å². The zero-order valence-electron chi connectivity index (χ0n) is 9.77. The van der Waals surface area contributed by atoms with Gasteiger partial charge in [-0.05, 0) is 18.8 Å². The SMILES string of the molecule is COC1CCN(C(C(=O)O)C(C)C)CC1. The Morgan fingerprint density at radius 3 is 2.27 bits per heavy atom. The number of nitrogens with zero attached hydrogens (tertiary/aromatic N) is 1. The minimum atomic E-state index is -0.708. The van der Waals surface area contributed by atoms with Gasteiger partial charge >= 0.3 is 5.97 Å². The minimum absolute atomic E-state index is 0.154. The lowest BCUT2D eigenvalue weighted by Gasteiger charge is -2.36.